The van der Waals surface area contributed by atoms with E-state index in [2.05, 4.69) is 38.9 Å². The summed E-state index contributed by atoms with van der Waals surface area (Å²) in [4.78, 5) is 10.7. The third kappa shape index (κ3) is 3.24. The molecule has 0 aliphatic heterocycles. The quantitative estimate of drug-likeness (QED) is 0.767. The van der Waals surface area contributed by atoms with Crippen LogP contribution in [0.25, 0.3) is 0 Å². The first-order valence-electron chi connectivity index (χ1n) is 6.10. The van der Waals surface area contributed by atoms with E-state index in [-0.39, 0.29) is 6.04 Å². The van der Waals surface area contributed by atoms with Crippen molar-refractivity contribution in [3.8, 4) is 0 Å². The van der Waals surface area contributed by atoms with Crippen LogP contribution in [0.1, 0.15) is 21.5 Å². The predicted molar refractivity (Wildman–Crippen MR) is 84.4 cm³/mol. The molecule has 3 aromatic rings. The van der Waals surface area contributed by atoms with Gasteiger partial charge in [0.2, 0.25) is 0 Å². The van der Waals surface area contributed by atoms with E-state index in [1.54, 1.807) is 35.2 Å². The summed E-state index contributed by atoms with van der Waals surface area (Å²) in [6.07, 6.45) is 3.32. The van der Waals surface area contributed by atoms with E-state index in [0.717, 1.165) is 10.0 Å². The standard InChI is InChI=1S/C14H12ClN3S2/c15-13-4-3-12(20-13)14(11-2-1-7-19-11)17-8-10-5-6-16-9-18-10/h1-7,9,14,17H,8H2. The fraction of sp³-hybridized carbons (Fsp3) is 0.143. The molecule has 0 bridgehead atoms. The Morgan fingerprint density at radius 2 is 2.15 bits per heavy atom. The molecular formula is C14H12ClN3S2. The number of nitrogens with zero attached hydrogens (tertiary/aromatic N) is 2. The second-order valence-corrected chi connectivity index (χ2v) is 6.90. The summed E-state index contributed by atoms with van der Waals surface area (Å²) in [5.74, 6) is 0. The Labute approximate surface area is 130 Å². The average Bonchev–Trinajstić information content (AvgIpc) is 3.13. The minimum Gasteiger partial charge on any atom is -0.299 e. The van der Waals surface area contributed by atoms with Crippen LogP contribution in [0.3, 0.4) is 0 Å². The zero-order chi connectivity index (χ0) is 13.8. The molecule has 3 nitrogen and oxygen atoms in total. The number of aromatic nitrogens is 2. The Morgan fingerprint density at radius 1 is 1.20 bits per heavy atom. The van der Waals surface area contributed by atoms with E-state index in [4.69, 9.17) is 11.6 Å². The Morgan fingerprint density at radius 3 is 2.80 bits per heavy atom. The Hall–Kier alpha value is -1.27. The molecule has 0 saturated heterocycles. The molecule has 6 heteroatoms. The van der Waals surface area contributed by atoms with Gasteiger partial charge < -0.3 is 0 Å². The number of rotatable bonds is 5. The van der Waals surface area contributed by atoms with Gasteiger partial charge in [0.05, 0.1) is 16.1 Å². The van der Waals surface area contributed by atoms with E-state index >= 15 is 0 Å². The lowest BCUT2D eigenvalue weighted by Gasteiger charge is -2.15. The van der Waals surface area contributed by atoms with Crippen molar-refractivity contribution < 1.29 is 0 Å². The molecule has 3 heterocycles. The molecule has 3 aromatic heterocycles. The molecule has 1 atom stereocenters. The highest BCUT2D eigenvalue weighted by atomic mass is 35.5. The van der Waals surface area contributed by atoms with Gasteiger partial charge in [0.1, 0.15) is 6.33 Å². The van der Waals surface area contributed by atoms with Gasteiger partial charge in [-0.15, -0.1) is 22.7 Å². The topological polar surface area (TPSA) is 37.8 Å². The van der Waals surface area contributed by atoms with Crippen LogP contribution in [0, 0.1) is 0 Å². The Bertz CT molecular complexity index is 652. The lowest BCUT2D eigenvalue weighted by Crippen LogP contribution is -2.20. The van der Waals surface area contributed by atoms with Crippen molar-refractivity contribution in [2.24, 2.45) is 0 Å². The van der Waals surface area contributed by atoms with Crippen molar-refractivity contribution in [3.05, 3.63) is 68.0 Å². The SMILES string of the molecule is Clc1ccc(C(NCc2ccncn2)c2cccs2)s1. The van der Waals surface area contributed by atoms with Gasteiger partial charge in [-0.1, -0.05) is 17.7 Å². The molecule has 0 spiro atoms. The molecule has 0 aliphatic carbocycles. The van der Waals surface area contributed by atoms with Crippen LogP contribution in [-0.2, 0) is 6.54 Å². The van der Waals surface area contributed by atoms with E-state index in [9.17, 15) is 0 Å². The number of halogens is 1. The minimum atomic E-state index is 0.155. The van der Waals surface area contributed by atoms with Crippen LogP contribution in [-0.4, -0.2) is 9.97 Å². The van der Waals surface area contributed by atoms with Crippen molar-refractivity contribution in [3.63, 3.8) is 0 Å². The first-order chi connectivity index (χ1) is 9.83. The summed E-state index contributed by atoms with van der Waals surface area (Å²) in [5, 5.41) is 5.63. The van der Waals surface area contributed by atoms with Crippen LogP contribution in [0.15, 0.2) is 48.2 Å². The monoisotopic (exact) mass is 321 g/mol. The van der Waals surface area contributed by atoms with Crippen LogP contribution in [0.2, 0.25) is 4.34 Å². The highest BCUT2D eigenvalue weighted by Crippen LogP contribution is 2.33. The second-order valence-electron chi connectivity index (χ2n) is 4.17. The number of nitrogens with one attached hydrogen (secondary N) is 1. The summed E-state index contributed by atoms with van der Waals surface area (Å²) in [7, 11) is 0. The minimum absolute atomic E-state index is 0.155. The van der Waals surface area contributed by atoms with E-state index in [0.29, 0.717) is 6.54 Å². The highest BCUT2D eigenvalue weighted by molar-refractivity contribution is 7.16. The normalized spacial score (nSPS) is 12.4. The molecule has 0 amide bonds. The second kappa shape index (κ2) is 6.45. The van der Waals surface area contributed by atoms with Gasteiger partial charge in [-0.2, -0.15) is 0 Å². The molecule has 0 saturated carbocycles. The van der Waals surface area contributed by atoms with Gasteiger partial charge in [0.25, 0.3) is 0 Å². The van der Waals surface area contributed by atoms with Crippen molar-refractivity contribution in [2.75, 3.05) is 0 Å². The molecule has 1 N–H and O–H groups in total. The van der Waals surface area contributed by atoms with Gasteiger partial charge in [0.15, 0.2) is 0 Å². The average molecular weight is 322 g/mol. The zero-order valence-electron chi connectivity index (χ0n) is 10.5. The van der Waals surface area contributed by atoms with E-state index in [1.165, 1.54) is 9.75 Å². The van der Waals surface area contributed by atoms with Crippen molar-refractivity contribution >= 4 is 34.3 Å². The summed E-state index contributed by atoms with van der Waals surface area (Å²) in [5.41, 5.74) is 0.976. The smallest absolute Gasteiger partial charge is 0.115 e. The predicted octanol–water partition coefficient (Wildman–Crippen LogP) is 4.13. The van der Waals surface area contributed by atoms with Crippen LogP contribution in [0.4, 0.5) is 0 Å². The first-order valence-corrected chi connectivity index (χ1v) is 8.17. The maximum Gasteiger partial charge on any atom is 0.115 e. The van der Waals surface area contributed by atoms with Crippen LogP contribution < -0.4 is 5.32 Å². The zero-order valence-corrected chi connectivity index (χ0v) is 12.9. The lowest BCUT2D eigenvalue weighted by molar-refractivity contribution is 0.611. The summed E-state index contributed by atoms with van der Waals surface area (Å²) in [6.45, 7) is 0.695. The van der Waals surface area contributed by atoms with Gasteiger partial charge in [0, 0.05) is 22.5 Å². The van der Waals surface area contributed by atoms with Gasteiger partial charge >= 0.3 is 0 Å². The maximum absolute atomic E-state index is 6.06. The molecule has 1 unspecified atom stereocenters. The molecule has 20 heavy (non-hydrogen) atoms. The van der Waals surface area contributed by atoms with Gasteiger partial charge in [-0.25, -0.2) is 9.97 Å². The third-order valence-corrected chi connectivity index (χ3v) is 5.07. The number of thiophene rings is 2. The molecule has 0 aliphatic rings. The molecular weight excluding hydrogens is 310 g/mol. The summed E-state index contributed by atoms with van der Waals surface area (Å²) in [6, 6.07) is 10.3. The molecule has 0 fully saturated rings. The number of hydrogen-bond donors (Lipinski definition) is 1. The van der Waals surface area contributed by atoms with Gasteiger partial charge in [-0.3, -0.25) is 5.32 Å². The largest absolute Gasteiger partial charge is 0.299 e. The maximum atomic E-state index is 6.06. The van der Waals surface area contributed by atoms with E-state index in [1.807, 2.05) is 12.1 Å². The molecule has 3 rings (SSSR count). The fourth-order valence-corrected chi connectivity index (χ4v) is 3.96. The van der Waals surface area contributed by atoms with Crippen LogP contribution >= 0.6 is 34.3 Å². The molecule has 102 valence electrons. The number of hydrogen-bond acceptors (Lipinski definition) is 5. The van der Waals surface area contributed by atoms with Crippen LogP contribution in [0.5, 0.6) is 0 Å². The molecule has 0 aromatic carbocycles. The van der Waals surface area contributed by atoms with E-state index < -0.39 is 0 Å². The highest BCUT2D eigenvalue weighted by Gasteiger charge is 2.16. The first kappa shape index (κ1) is 13.7. The summed E-state index contributed by atoms with van der Waals surface area (Å²) < 4.78 is 0.811. The fourth-order valence-electron chi connectivity index (χ4n) is 1.91. The Balaban J connectivity index is 1.80. The molecule has 0 radical (unpaired) electrons. The van der Waals surface area contributed by atoms with Crippen molar-refractivity contribution in [1.82, 2.24) is 15.3 Å². The third-order valence-electron chi connectivity index (χ3n) is 2.84. The lowest BCUT2D eigenvalue weighted by atomic mass is 10.2. The Kier molecular flexibility index (Phi) is 4.42. The van der Waals surface area contributed by atoms with Crippen molar-refractivity contribution in [2.45, 2.75) is 12.6 Å². The van der Waals surface area contributed by atoms with Crippen molar-refractivity contribution in [1.29, 1.82) is 0 Å². The van der Waals surface area contributed by atoms with Gasteiger partial charge in [-0.05, 0) is 29.6 Å². The summed E-state index contributed by atoms with van der Waals surface area (Å²) >= 11 is 9.40.